The quantitative estimate of drug-likeness (QED) is 0.844. The molecule has 1 heterocycles. The van der Waals surface area contributed by atoms with Crippen LogP contribution in [0.5, 0.6) is 5.75 Å². The average molecular weight is 243 g/mol. The van der Waals surface area contributed by atoms with Gasteiger partial charge in [-0.1, -0.05) is 12.1 Å². The fourth-order valence-electron chi connectivity index (χ4n) is 1.63. The van der Waals surface area contributed by atoms with E-state index in [0.29, 0.717) is 6.61 Å². The van der Waals surface area contributed by atoms with Crippen LogP contribution in [0.25, 0.3) is 0 Å². The monoisotopic (exact) mass is 243 g/mol. The second-order valence-electron chi connectivity index (χ2n) is 3.88. The topological polar surface area (TPSA) is 47.0 Å². The number of nitrogens with zero attached hydrogens (tertiary/aromatic N) is 2. The second-order valence-corrected chi connectivity index (χ2v) is 3.88. The van der Waals surface area contributed by atoms with Gasteiger partial charge in [0.1, 0.15) is 12.1 Å². The van der Waals surface area contributed by atoms with Gasteiger partial charge in [-0.05, 0) is 30.7 Å². The molecule has 2 rings (SSSR count). The van der Waals surface area contributed by atoms with Crippen LogP contribution in [0.3, 0.4) is 0 Å². The van der Waals surface area contributed by atoms with Crippen molar-refractivity contribution in [2.45, 2.75) is 20.0 Å². The van der Waals surface area contributed by atoms with Gasteiger partial charge in [-0.15, -0.1) is 0 Å². The number of ether oxygens (including phenoxy) is 1. The minimum Gasteiger partial charge on any atom is -0.494 e. The van der Waals surface area contributed by atoms with Crippen LogP contribution in [-0.2, 0) is 13.1 Å². The summed E-state index contributed by atoms with van der Waals surface area (Å²) >= 11 is 0. The third kappa shape index (κ3) is 3.82. The van der Waals surface area contributed by atoms with E-state index in [-0.39, 0.29) is 0 Å². The molecule has 1 aromatic heterocycles. The number of rotatable bonds is 6. The summed E-state index contributed by atoms with van der Waals surface area (Å²) in [4.78, 5) is 8.04. The van der Waals surface area contributed by atoms with Crippen molar-refractivity contribution < 1.29 is 4.74 Å². The molecule has 0 unspecified atom stereocenters. The summed E-state index contributed by atoms with van der Waals surface area (Å²) in [5.41, 5.74) is 2.23. The lowest BCUT2D eigenvalue weighted by Gasteiger charge is -2.06. The highest BCUT2D eigenvalue weighted by molar-refractivity contribution is 5.27. The van der Waals surface area contributed by atoms with Gasteiger partial charge in [0, 0.05) is 19.3 Å². The normalized spacial score (nSPS) is 10.3. The van der Waals surface area contributed by atoms with Crippen LogP contribution in [0, 0.1) is 0 Å². The summed E-state index contributed by atoms with van der Waals surface area (Å²) < 4.78 is 5.40. The first-order valence-corrected chi connectivity index (χ1v) is 6.06. The van der Waals surface area contributed by atoms with Crippen molar-refractivity contribution in [2.24, 2.45) is 0 Å². The lowest BCUT2D eigenvalue weighted by Crippen LogP contribution is -2.13. The van der Waals surface area contributed by atoms with E-state index in [1.54, 1.807) is 12.5 Å². The van der Waals surface area contributed by atoms with Crippen molar-refractivity contribution in [2.75, 3.05) is 6.61 Å². The molecule has 0 saturated heterocycles. The number of hydrogen-bond acceptors (Lipinski definition) is 4. The standard InChI is InChI=1S/C14H17N3O/c1-2-18-14-5-3-12(4-6-14)9-16-10-13-7-8-15-11-17-13/h3-8,11,16H,2,9-10H2,1H3. The van der Waals surface area contributed by atoms with Crippen molar-refractivity contribution in [3.8, 4) is 5.75 Å². The van der Waals surface area contributed by atoms with Gasteiger partial charge in [0.15, 0.2) is 0 Å². The minimum atomic E-state index is 0.700. The highest BCUT2D eigenvalue weighted by atomic mass is 16.5. The zero-order valence-corrected chi connectivity index (χ0v) is 10.5. The highest BCUT2D eigenvalue weighted by Crippen LogP contribution is 2.11. The molecule has 1 aromatic carbocycles. The molecular formula is C14H17N3O. The Morgan fingerprint density at radius 2 is 1.94 bits per heavy atom. The van der Waals surface area contributed by atoms with Crippen molar-refractivity contribution in [1.29, 1.82) is 0 Å². The molecule has 0 atom stereocenters. The Morgan fingerprint density at radius 3 is 2.61 bits per heavy atom. The number of hydrogen-bond donors (Lipinski definition) is 1. The summed E-state index contributed by atoms with van der Waals surface area (Å²) in [6.45, 7) is 4.24. The fraction of sp³-hybridized carbons (Fsp3) is 0.286. The summed E-state index contributed by atoms with van der Waals surface area (Å²) in [5.74, 6) is 0.914. The van der Waals surface area contributed by atoms with E-state index in [1.165, 1.54) is 5.56 Å². The molecule has 0 radical (unpaired) electrons. The first-order valence-electron chi connectivity index (χ1n) is 6.06. The van der Waals surface area contributed by atoms with Gasteiger partial charge in [0.05, 0.1) is 12.3 Å². The maximum atomic E-state index is 5.40. The molecule has 0 aliphatic heterocycles. The van der Waals surface area contributed by atoms with E-state index in [4.69, 9.17) is 4.74 Å². The molecule has 0 spiro atoms. The van der Waals surface area contributed by atoms with E-state index >= 15 is 0 Å². The number of nitrogens with one attached hydrogen (secondary N) is 1. The third-order valence-corrected chi connectivity index (χ3v) is 2.51. The van der Waals surface area contributed by atoms with Crippen LogP contribution < -0.4 is 10.1 Å². The summed E-state index contributed by atoms with van der Waals surface area (Å²) in [6, 6.07) is 10.0. The Bertz CT molecular complexity index is 456. The molecule has 18 heavy (non-hydrogen) atoms. The molecule has 4 nitrogen and oxygen atoms in total. The second kappa shape index (κ2) is 6.71. The fourth-order valence-corrected chi connectivity index (χ4v) is 1.63. The summed E-state index contributed by atoms with van der Waals surface area (Å²) in [5, 5.41) is 3.34. The largest absolute Gasteiger partial charge is 0.494 e. The molecule has 2 aromatic rings. The zero-order chi connectivity index (χ0) is 12.6. The minimum absolute atomic E-state index is 0.700. The Morgan fingerprint density at radius 1 is 1.11 bits per heavy atom. The van der Waals surface area contributed by atoms with E-state index in [0.717, 1.165) is 24.5 Å². The van der Waals surface area contributed by atoms with Gasteiger partial charge < -0.3 is 10.1 Å². The molecule has 0 saturated carbocycles. The van der Waals surface area contributed by atoms with Crippen LogP contribution in [0.2, 0.25) is 0 Å². The van der Waals surface area contributed by atoms with Crippen LogP contribution in [0.4, 0.5) is 0 Å². The van der Waals surface area contributed by atoms with Crippen LogP contribution in [0.15, 0.2) is 42.9 Å². The predicted molar refractivity (Wildman–Crippen MR) is 70.2 cm³/mol. The number of aromatic nitrogens is 2. The lowest BCUT2D eigenvalue weighted by atomic mass is 10.2. The van der Waals surface area contributed by atoms with Gasteiger partial charge in [-0.2, -0.15) is 0 Å². The average Bonchev–Trinajstić information content (AvgIpc) is 2.42. The van der Waals surface area contributed by atoms with E-state index in [1.807, 2.05) is 25.1 Å². The predicted octanol–water partition coefficient (Wildman–Crippen LogP) is 2.17. The molecule has 0 bridgehead atoms. The third-order valence-electron chi connectivity index (χ3n) is 2.51. The van der Waals surface area contributed by atoms with E-state index in [9.17, 15) is 0 Å². The van der Waals surface area contributed by atoms with Crippen LogP contribution in [-0.4, -0.2) is 16.6 Å². The SMILES string of the molecule is CCOc1ccc(CNCc2ccncn2)cc1. The lowest BCUT2D eigenvalue weighted by molar-refractivity contribution is 0.340. The Hall–Kier alpha value is -1.94. The molecule has 94 valence electrons. The molecule has 0 aliphatic carbocycles. The van der Waals surface area contributed by atoms with Crippen molar-refractivity contribution >= 4 is 0 Å². The molecule has 0 amide bonds. The van der Waals surface area contributed by atoms with Crippen molar-refractivity contribution in [3.05, 3.63) is 54.1 Å². The highest BCUT2D eigenvalue weighted by Gasteiger charge is 1.96. The summed E-state index contributed by atoms with van der Waals surface area (Å²) in [6.07, 6.45) is 3.31. The maximum Gasteiger partial charge on any atom is 0.119 e. The Balaban J connectivity index is 1.80. The van der Waals surface area contributed by atoms with Crippen molar-refractivity contribution in [1.82, 2.24) is 15.3 Å². The van der Waals surface area contributed by atoms with Gasteiger partial charge in [0.25, 0.3) is 0 Å². The zero-order valence-electron chi connectivity index (χ0n) is 10.5. The molecule has 0 aliphatic rings. The van der Waals surface area contributed by atoms with E-state index in [2.05, 4.69) is 27.4 Å². The molecule has 1 N–H and O–H groups in total. The van der Waals surface area contributed by atoms with Crippen molar-refractivity contribution in [3.63, 3.8) is 0 Å². The molecule has 0 fully saturated rings. The first-order chi connectivity index (χ1) is 8.88. The Labute approximate surface area is 107 Å². The van der Waals surface area contributed by atoms with Crippen LogP contribution >= 0.6 is 0 Å². The smallest absolute Gasteiger partial charge is 0.119 e. The van der Waals surface area contributed by atoms with E-state index < -0.39 is 0 Å². The van der Waals surface area contributed by atoms with Gasteiger partial charge in [-0.25, -0.2) is 9.97 Å². The van der Waals surface area contributed by atoms with Gasteiger partial charge in [0.2, 0.25) is 0 Å². The van der Waals surface area contributed by atoms with Gasteiger partial charge >= 0.3 is 0 Å². The first kappa shape index (κ1) is 12.5. The Kier molecular flexibility index (Phi) is 4.67. The van der Waals surface area contributed by atoms with Crippen LogP contribution in [0.1, 0.15) is 18.2 Å². The van der Waals surface area contributed by atoms with Gasteiger partial charge in [-0.3, -0.25) is 0 Å². The molecule has 4 heteroatoms. The number of benzene rings is 1. The maximum absolute atomic E-state index is 5.40. The summed E-state index contributed by atoms with van der Waals surface area (Å²) in [7, 11) is 0. The molecular weight excluding hydrogens is 226 g/mol.